The molecule has 184 valence electrons. The molecule has 0 amide bonds. The first-order valence-corrected chi connectivity index (χ1v) is 12.0. The monoisotopic (exact) mass is 482 g/mol. The number of hydrogen-bond acceptors (Lipinski definition) is 9. The molecule has 1 aliphatic heterocycles. The molecule has 0 unspecified atom stereocenters. The van der Waals surface area contributed by atoms with Crippen LogP contribution in [-0.4, -0.2) is 70.4 Å². The number of pyridine rings is 1. The van der Waals surface area contributed by atoms with Crippen LogP contribution in [0.3, 0.4) is 0 Å². The number of likely N-dealkylation sites (N-methyl/N-ethyl adjacent to an activating group) is 1. The number of rotatable bonds is 7. The van der Waals surface area contributed by atoms with Crippen LogP contribution in [0.1, 0.15) is 12.0 Å². The van der Waals surface area contributed by atoms with E-state index < -0.39 is 0 Å². The Balaban J connectivity index is 1.34. The standard InChI is InChI=1S/C27H30N8O/c1-18-9-11-30-33-25(18)20-7-5-19(6-8-20)24-16-29-27(32-26(24)36-4)31-21-13-23(15-28-14-21)35-12-10-22(17-35)34(2)3/h5-9,11,13-16,22H,10,12,17H2,1-4H3,(H,29,31,32)/t22-/m1/s1. The van der Waals surface area contributed by atoms with Crippen molar-refractivity contribution in [1.29, 1.82) is 0 Å². The normalized spacial score (nSPS) is 15.4. The van der Waals surface area contributed by atoms with Crippen LogP contribution in [0.2, 0.25) is 0 Å². The summed E-state index contributed by atoms with van der Waals surface area (Å²) < 4.78 is 5.61. The van der Waals surface area contributed by atoms with Crippen molar-refractivity contribution in [1.82, 2.24) is 30.0 Å². The predicted octanol–water partition coefficient (Wildman–Crippen LogP) is 4.20. The molecule has 4 heterocycles. The van der Waals surface area contributed by atoms with E-state index >= 15 is 0 Å². The summed E-state index contributed by atoms with van der Waals surface area (Å²) in [6.07, 6.45) is 8.30. The Labute approximate surface area is 211 Å². The smallest absolute Gasteiger partial charge is 0.230 e. The van der Waals surface area contributed by atoms with E-state index in [1.165, 1.54) is 0 Å². The molecule has 1 aromatic carbocycles. The number of aromatic nitrogens is 5. The Morgan fingerprint density at radius 3 is 2.58 bits per heavy atom. The highest BCUT2D eigenvalue weighted by Crippen LogP contribution is 2.31. The number of nitrogens with zero attached hydrogens (tertiary/aromatic N) is 7. The molecule has 0 aliphatic carbocycles. The van der Waals surface area contributed by atoms with Gasteiger partial charge in [-0.2, -0.15) is 15.2 Å². The number of anilines is 3. The summed E-state index contributed by atoms with van der Waals surface area (Å²) >= 11 is 0. The summed E-state index contributed by atoms with van der Waals surface area (Å²) in [5.41, 5.74) is 6.64. The van der Waals surface area contributed by atoms with Crippen molar-refractivity contribution >= 4 is 17.3 Å². The molecule has 1 saturated heterocycles. The number of nitrogens with one attached hydrogen (secondary N) is 1. The predicted molar refractivity (Wildman–Crippen MR) is 142 cm³/mol. The quantitative estimate of drug-likeness (QED) is 0.416. The minimum absolute atomic E-state index is 0.453. The first kappa shape index (κ1) is 23.6. The van der Waals surface area contributed by atoms with Gasteiger partial charge in [0, 0.05) is 37.1 Å². The van der Waals surface area contributed by atoms with Crippen molar-refractivity contribution < 1.29 is 4.74 Å². The van der Waals surface area contributed by atoms with Gasteiger partial charge >= 0.3 is 0 Å². The van der Waals surface area contributed by atoms with Crippen LogP contribution in [0, 0.1) is 6.92 Å². The van der Waals surface area contributed by atoms with E-state index in [1.54, 1.807) is 25.7 Å². The summed E-state index contributed by atoms with van der Waals surface area (Å²) in [6.45, 7) is 4.03. The molecule has 9 nitrogen and oxygen atoms in total. The van der Waals surface area contributed by atoms with E-state index in [0.717, 1.165) is 58.8 Å². The first-order valence-electron chi connectivity index (χ1n) is 12.0. The van der Waals surface area contributed by atoms with Crippen LogP contribution in [0.5, 0.6) is 5.88 Å². The van der Waals surface area contributed by atoms with Gasteiger partial charge in [-0.25, -0.2) is 4.98 Å². The molecular weight excluding hydrogens is 452 g/mol. The fourth-order valence-corrected chi connectivity index (χ4v) is 4.46. The molecule has 0 bridgehead atoms. The Morgan fingerprint density at radius 1 is 1.06 bits per heavy atom. The van der Waals surface area contributed by atoms with E-state index in [-0.39, 0.29) is 0 Å². The van der Waals surface area contributed by atoms with Gasteiger partial charge in [-0.1, -0.05) is 24.3 Å². The summed E-state index contributed by atoms with van der Waals surface area (Å²) in [5.74, 6) is 0.947. The number of aryl methyl sites for hydroxylation is 1. The molecule has 5 rings (SSSR count). The van der Waals surface area contributed by atoms with E-state index in [2.05, 4.69) is 60.4 Å². The third-order valence-electron chi connectivity index (χ3n) is 6.58. The number of ether oxygens (including phenoxy) is 1. The molecule has 1 N–H and O–H groups in total. The minimum atomic E-state index is 0.453. The van der Waals surface area contributed by atoms with Gasteiger partial charge in [-0.15, -0.1) is 0 Å². The largest absolute Gasteiger partial charge is 0.480 e. The van der Waals surface area contributed by atoms with Gasteiger partial charge in [-0.3, -0.25) is 4.98 Å². The number of benzene rings is 1. The average Bonchev–Trinajstić information content (AvgIpc) is 3.40. The van der Waals surface area contributed by atoms with Gasteiger partial charge in [0.15, 0.2) is 0 Å². The molecule has 1 atom stereocenters. The van der Waals surface area contributed by atoms with Gasteiger partial charge in [-0.05, 0) is 50.7 Å². The van der Waals surface area contributed by atoms with Crippen molar-refractivity contribution in [3.8, 4) is 28.3 Å². The van der Waals surface area contributed by atoms with Crippen LogP contribution >= 0.6 is 0 Å². The van der Waals surface area contributed by atoms with Gasteiger partial charge in [0.25, 0.3) is 0 Å². The third kappa shape index (κ3) is 4.96. The minimum Gasteiger partial charge on any atom is -0.480 e. The van der Waals surface area contributed by atoms with Crippen LogP contribution in [-0.2, 0) is 0 Å². The van der Waals surface area contributed by atoms with Crippen LogP contribution in [0.15, 0.2) is 61.2 Å². The number of hydrogen-bond donors (Lipinski definition) is 1. The lowest BCUT2D eigenvalue weighted by molar-refractivity contribution is 0.315. The Bertz CT molecular complexity index is 1340. The van der Waals surface area contributed by atoms with Crippen LogP contribution in [0.4, 0.5) is 17.3 Å². The Kier molecular flexibility index (Phi) is 6.73. The van der Waals surface area contributed by atoms with E-state index in [9.17, 15) is 0 Å². The maximum atomic E-state index is 5.61. The summed E-state index contributed by atoms with van der Waals surface area (Å²) in [7, 11) is 5.88. The number of methoxy groups -OCH3 is 1. The molecule has 1 aliphatic rings. The fourth-order valence-electron chi connectivity index (χ4n) is 4.46. The van der Waals surface area contributed by atoms with Crippen LogP contribution < -0.4 is 15.0 Å². The molecule has 0 spiro atoms. The highest BCUT2D eigenvalue weighted by Gasteiger charge is 2.24. The molecule has 0 saturated carbocycles. The van der Waals surface area contributed by atoms with Crippen molar-refractivity contribution in [2.24, 2.45) is 0 Å². The highest BCUT2D eigenvalue weighted by molar-refractivity contribution is 5.73. The maximum Gasteiger partial charge on any atom is 0.230 e. The maximum absolute atomic E-state index is 5.61. The van der Waals surface area contributed by atoms with Gasteiger partial charge < -0.3 is 19.9 Å². The molecule has 1 fully saturated rings. The second-order valence-electron chi connectivity index (χ2n) is 9.17. The third-order valence-corrected chi connectivity index (χ3v) is 6.58. The molecule has 9 heteroatoms. The zero-order chi connectivity index (χ0) is 25.1. The summed E-state index contributed by atoms with van der Waals surface area (Å²) in [5, 5.41) is 11.5. The Hall–Kier alpha value is -4.11. The van der Waals surface area contributed by atoms with Gasteiger partial charge in [0.1, 0.15) is 0 Å². The molecule has 3 aromatic heterocycles. The van der Waals surface area contributed by atoms with Crippen molar-refractivity contribution in [3.05, 3.63) is 66.7 Å². The zero-order valence-electron chi connectivity index (χ0n) is 21.0. The topological polar surface area (TPSA) is 92.2 Å². The van der Waals surface area contributed by atoms with Crippen LogP contribution in [0.25, 0.3) is 22.4 Å². The summed E-state index contributed by atoms with van der Waals surface area (Å²) in [4.78, 5) is 18.2. The second kappa shape index (κ2) is 10.2. The molecule has 4 aromatic rings. The first-order chi connectivity index (χ1) is 17.5. The van der Waals surface area contributed by atoms with Crippen molar-refractivity contribution in [2.45, 2.75) is 19.4 Å². The Morgan fingerprint density at radius 2 is 1.86 bits per heavy atom. The molecule has 0 radical (unpaired) electrons. The van der Waals surface area contributed by atoms with E-state index in [4.69, 9.17) is 4.74 Å². The lowest BCUT2D eigenvalue weighted by Gasteiger charge is -2.22. The molecular formula is C27H30N8O. The van der Waals surface area contributed by atoms with E-state index in [1.807, 2.05) is 43.5 Å². The zero-order valence-corrected chi connectivity index (χ0v) is 21.0. The summed E-state index contributed by atoms with van der Waals surface area (Å²) in [6, 6.07) is 12.7. The van der Waals surface area contributed by atoms with Gasteiger partial charge in [0.05, 0.1) is 42.1 Å². The van der Waals surface area contributed by atoms with Crippen molar-refractivity contribution in [3.63, 3.8) is 0 Å². The molecule has 36 heavy (non-hydrogen) atoms. The van der Waals surface area contributed by atoms with Gasteiger partial charge in [0.2, 0.25) is 11.8 Å². The lowest BCUT2D eigenvalue weighted by atomic mass is 10.0. The lowest BCUT2D eigenvalue weighted by Crippen LogP contribution is -2.31. The fraction of sp³-hybridized carbons (Fsp3) is 0.296. The SMILES string of the molecule is COc1nc(Nc2cncc(N3CC[C@@H](N(C)C)C3)c2)ncc1-c1ccc(-c2nnccc2C)cc1. The second-order valence-corrected chi connectivity index (χ2v) is 9.17. The van der Waals surface area contributed by atoms with E-state index in [0.29, 0.717) is 17.9 Å². The highest BCUT2D eigenvalue weighted by atomic mass is 16.5. The van der Waals surface area contributed by atoms with Crippen molar-refractivity contribution in [2.75, 3.05) is 44.5 Å². The average molecular weight is 483 g/mol.